The summed E-state index contributed by atoms with van der Waals surface area (Å²) in [5, 5.41) is 1.60. The summed E-state index contributed by atoms with van der Waals surface area (Å²) < 4.78 is 5.29. The summed E-state index contributed by atoms with van der Waals surface area (Å²) in [5.74, 6) is -0.0776. The van der Waals surface area contributed by atoms with Gasteiger partial charge in [-0.05, 0) is 24.0 Å². The van der Waals surface area contributed by atoms with Crippen LogP contribution in [0.3, 0.4) is 0 Å². The van der Waals surface area contributed by atoms with Crippen molar-refractivity contribution in [3.63, 3.8) is 0 Å². The van der Waals surface area contributed by atoms with E-state index in [1.807, 2.05) is 54.8 Å². The number of carbonyl (C=O) groups excluding carboxylic acids is 1. The minimum atomic E-state index is -0.541. The van der Waals surface area contributed by atoms with Gasteiger partial charge in [0.15, 0.2) is 5.44 Å². The van der Waals surface area contributed by atoms with Gasteiger partial charge >= 0.3 is 0 Å². The lowest BCUT2D eigenvalue weighted by molar-refractivity contribution is 0.0791. The Morgan fingerprint density at radius 3 is 2.61 bits per heavy atom. The monoisotopic (exact) mass is 345 g/mol. The van der Waals surface area contributed by atoms with Gasteiger partial charge in [0.05, 0.1) is 5.69 Å². The van der Waals surface area contributed by atoms with Gasteiger partial charge in [0.1, 0.15) is 0 Å². The zero-order chi connectivity index (χ0) is 16.4. The molecule has 0 spiro atoms. The molecule has 5 heteroatoms. The smallest absolute Gasteiger partial charge is 0.218 e. The first-order chi connectivity index (χ1) is 11.2. The van der Waals surface area contributed by atoms with E-state index in [4.69, 9.17) is 16.3 Å². The van der Waals surface area contributed by atoms with Gasteiger partial charge in [-0.15, -0.1) is 11.8 Å². The van der Waals surface area contributed by atoms with Gasteiger partial charge in [-0.2, -0.15) is 0 Å². The van der Waals surface area contributed by atoms with E-state index in [-0.39, 0.29) is 5.78 Å². The van der Waals surface area contributed by atoms with Crippen molar-refractivity contribution in [1.29, 1.82) is 0 Å². The van der Waals surface area contributed by atoms with Crippen LogP contribution in [0, 0.1) is 0 Å². The molecule has 118 valence electrons. The molecular weight excluding hydrogens is 330 g/mol. The second-order valence-electron chi connectivity index (χ2n) is 5.10. The minimum absolute atomic E-state index is 0.0776. The standard InChI is InChI=1S/C18H16ClNO2S/c1-22-18(23-2)17(21)16-15(11-6-4-3-5-7-11)13-9-8-12(19)10-14(13)20-16/h3-10,18,20H,1-2H3. The number of rotatable bonds is 5. The zero-order valence-corrected chi connectivity index (χ0v) is 14.4. The molecule has 2 aromatic carbocycles. The minimum Gasteiger partial charge on any atom is -0.362 e. The quantitative estimate of drug-likeness (QED) is 0.522. The summed E-state index contributed by atoms with van der Waals surface area (Å²) in [7, 11) is 1.54. The van der Waals surface area contributed by atoms with Gasteiger partial charge in [-0.25, -0.2) is 0 Å². The van der Waals surface area contributed by atoms with E-state index in [0.717, 1.165) is 22.0 Å². The number of H-pyrrole nitrogens is 1. The molecule has 0 saturated carbocycles. The number of thioether (sulfide) groups is 1. The fraction of sp³-hybridized carbons (Fsp3) is 0.167. The van der Waals surface area contributed by atoms with Crippen LogP contribution in [0.25, 0.3) is 22.0 Å². The molecule has 0 amide bonds. The molecule has 0 aliphatic carbocycles. The first-order valence-electron chi connectivity index (χ1n) is 7.12. The number of Topliss-reactive ketones (excluding diaryl/α,β-unsaturated/α-hetero) is 1. The largest absolute Gasteiger partial charge is 0.362 e. The molecule has 23 heavy (non-hydrogen) atoms. The summed E-state index contributed by atoms with van der Waals surface area (Å²) in [6.45, 7) is 0. The van der Waals surface area contributed by atoms with Crippen molar-refractivity contribution in [2.45, 2.75) is 5.44 Å². The number of aromatic nitrogens is 1. The highest BCUT2D eigenvalue weighted by atomic mass is 35.5. The van der Waals surface area contributed by atoms with E-state index >= 15 is 0 Å². The Hall–Kier alpha value is -1.75. The van der Waals surface area contributed by atoms with Crippen molar-refractivity contribution in [1.82, 2.24) is 4.98 Å². The Bertz CT molecular complexity index is 841. The van der Waals surface area contributed by atoms with Crippen LogP contribution in [-0.4, -0.2) is 29.6 Å². The Morgan fingerprint density at radius 2 is 1.96 bits per heavy atom. The fourth-order valence-corrected chi connectivity index (χ4v) is 3.38. The Morgan fingerprint density at radius 1 is 1.22 bits per heavy atom. The maximum Gasteiger partial charge on any atom is 0.218 e. The first kappa shape index (κ1) is 16.1. The predicted octanol–water partition coefficient (Wildman–Crippen LogP) is 5.01. The van der Waals surface area contributed by atoms with Crippen LogP contribution in [0.4, 0.5) is 0 Å². The SMILES string of the molecule is COC(SC)C(=O)c1[nH]c2cc(Cl)ccc2c1-c1ccccc1. The van der Waals surface area contributed by atoms with E-state index in [2.05, 4.69) is 4.98 Å². The third-order valence-electron chi connectivity index (χ3n) is 3.71. The van der Waals surface area contributed by atoms with Crippen LogP contribution in [0.1, 0.15) is 10.5 Å². The van der Waals surface area contributed by atoms with Crippen molar-refractivity contribution in [2.24, 2.45) is 0 Å². The number of aromatic amines is 1. The summed E-state index contributed by atoms with van der Waals surface area (Å²) >= 11 is 7.46. The molecule has 1 aromatic heterocycles. The summed E-state index contributed by atoms with van der Waals surface area (Å²) in [4.78, 5) is 16.1. The molecular formula is C18H16ClNO2S. The highest BCUT2D eigenvalue weighted by Gasteiger charge is 2.25. The average Bonchev–Trinajstić information content (AvgIpc) is 2.95. The molecule has 0 radical (unpaired) electrons. The van der Waals surface area contributed by atoms with Crippen molar-refractivity contribution < 1.29 is 9.53 Å². The lowest BCUT2D eigenvalue weighted by Gasteiger charge is -2.12. The van der Waals surface area contributed by atoms with Gasteiger partial charge in [0, 0.05) is 28.6 Å². The van der Waals surface area contributed by atoms with Crippen LogP contribution in [0.15, 0.2) is 48.5 Å². The summed E-state index contributed by atoms with van der Waals surface area (Å²) in [5.41, 5.74) is 2.73. The van der Waals surface area contributed by atoms with Gasteiger partial charge in [-0.3, -0.25) is 4.79 Å². The average molecular weight is 346 g/mol. The Kier molecular flexibility index (Phi) is 4.76. The molecule has 0 fully saturated rings. The number of benzene rings is 2. The summed E-state index contributed by atoms with van der Waals surface area (Å²) in [6.07, 6.45) is 1.85. The number of ketones is 1. The van der Waals surface area contributed by atoms with Crippen molar-refractivity contribution in [3.8, 4) is 11.1 Å². The van der Waals surface area contributed by atoms with Crippen LogP contribution < -0.4 is 0 Å². The summed E-state index contributed by atoms with van der Waals surface area (Å²) in [6, 6.07) is 15.5. The van der Waals surface area contributed by atoms with Gasteiger partial charge in [-0.1, -0.05) is 48.0 Å². The Balaban J connectivity index is 2.26. The molecule has 3 rings (SSSR count). The molecule has 1 unspecified atom stereocenters. The first-order valence-corrected chi connectivity index (χ1v) is 8.78. The number of carbonyl (C=O) groups is 1. The number of ether oxygens (including phenoxy) is 1. The lowest BCUT2D eigenvalue weighted by Crippen LogP contribution is -2.20. The van der Waals surface area contributed by atoms with E-state index in [1.165, 1.54) is 11.8 Å². The predicted molar refractivity (Wildman–Crippen MR) is 97.4 cm³/mol. The zero-order valence-electron chi connectivity index (χ0n) is 12.8. The number of hydrogen-bond acceptors (Lipinski definition) is 3. The van der Waals surface area contributed by atoms with Crippen LogP contribution >= 0.6 is 23.4 Å². The molecule has 0 aliphatic heterocycles. The van der Waals surface area contributed by atoms with Crippen LogP contribution in [0.2, 0.25) is 5.02 Å². The molecule has 3 aromatic rings. The van der Waals surface area contributed by atoms with Gasteiger partial charge < -0.3 is 9.72 Å². The topological polar surface area (TPSA) is 42.1 Å². The maximum absolute atomic E-state index is 12.8. The fourth-order valence-electron chi connectivity index (χ4n) is 2.69. The lowest BCUT2D eigenvalue weighted by atomic mass is 10.0. The van der Waals surface area contributed by atoms with Crippen LogP contribution in [-0.2, 0) is 4.74 Å². The van der Waals surface area contributed by atoms with E-state index in [0.29, 0.717) is 10.7 Å². The van der Waals surface area contributed by atoms with Crippen molar-refractivity contribution in [3.05, 3.63) is 59.2 Å². The number of hydrogen-bond donors (Lipinski definition) is 1. The van der Waals surface area contributed by atoms with E-state index < -0.39 is 5.44 Å². The van der Waals surface area contributed by atoms with Gasteiger partial charge in [0.25, 0.3) is 0 Å². The van der Waals surface area contributed by atoms with Gasteiger partial charge in [0.2, 0.25) is 5.78 Å². The molecule has 1 atom stereocenters. The highest BCUT2D eigenvalue weighted by molar-refractivity contribution is 7.99. The van der Waals surface area contributed by atoms with Crippen LogP contribution in [0.5, 0.6) is 0 Å². The number of halogens is 1. The molecule has 0 saturated heterocycles. The number of fused-ring (bicyclic) bond motifs is 1. The maximum atomic E-state index is 12.8. The molecule has 1 N–H and O–H groups in total. The van der Waals surface area contributed by atoms with E-state index in [9.17, 15) is 4.79 Å². The van der Waals surface area contributed by atoms with Crippen molar-refractivity contribution in [2.75, 3.05) is 13.4 Å². The second kappa shape index (κ2) is 6.79. The Labute approximate surface area is 144 Å². The number of nitrogens with one attached hydrogen (secondary N) is 1. The number of methoxy groups -OCH3 is 1. The second-order valence-corrected chi connectivity index (χ2v) is 6.43. The third kappa shape index (κ3) is 3.02. The highest BCUT2D eigenvalue weighted by Crippen LogP contribution is 2.35. The molecule has 1 heterocycles. The molecule has 0 aliphatic rings. The molecule has 0 bridgehead atoms. The van der Waals surface area contributed by atoms with E-state index in [1.54, 1.807) is 7.11 Å². The normalized spacial score (nSPS) is 12.5. The van der Waals surface area contributed by atoms with Crippen molar-refractivity contribution >= 4 is 40.0 Å². The molecule has 3 nitrogen and oxygen atoms in total. The third-order valence-corrected chi connectivity index (χ3v) is 4.78.